The van der Waals surface area contributed by atoms with Crippen molar-refractivity contribution in [2.24, 2.45) is 0 Å². The molecule has 0 aliphatic carbocycles. The predicted molar refractivity (Wildman–Crippen MR) is 123 cm³/mol. The van der Waals surface area contributed by atoms with Gasteiger partial charge in [-0.05, 0) is 44.5 Å². The fraction of sp³-hybridized carbons (Fsp3) is 0.400. The summed E-state index contributed by atoms with van der Waals surface area (Å²) in [6.45, 7) is 8.92. The van der Waals surface area contributed by atoms with E-state index >= 15 is 0 Å². The molecule has 174 valence electrons. The van der Waals surface area contributed by atoms with Crippen LogP contribution in [0.3, 0.4) is 0 Å². The molecule has 8 heteroatoms. The second kappa shape index (κ2) is 10.9. The molecular weight excluding hydrogens is 423 g/mol. The van der Waals surface area contributed by atoms with Crippen molar-refractivity contribution in [1.82, 2.24) is 20.1 Å². The molecule has 0 spiro atoms. The molecule has 1 aliphatic heterocycles. The summed E-state index contributed by atoms with van der Waals surface area (Å²) in [5, 5.41) is 2.57. The van der Waals surface area contributed by atoms with Gasteiger partial charge in [0.2, 0.25) is 0 Å². The van der Waals surface area contributed by atoms with Crippen molar-refractivity contribution in [2.45, 2.75) is 32.9 Å². The third-order valence-electron chi connectivity index (χ3n) is 4.92. The number of carbonyl (C=O) groups is 2. The summed E-state index contributed by atoms with van der Waals surface area (Å²) in [6, 6.07) is 8.21. The molecule has 1 aromatic heterocycles. The number of piperazine rings is 1. The standard InChI is InChI=1S/C25H29FN4O3/c1-25(2,3)33-24(32)28-10-4-5-20-15-21(17-27-16-20)23(31)30-13-11-29(12-14-30)18-19-6-8-22(26)9-7-19/h6-9,15-17H,10-14,18H2,1-3H3,(H,28,32). The SMILES string of the molecule is CC(C)(C)OC(=O)NCC#Cc1cncc(C(=O)N2CCN(Cc3ccc(F)cc3)CC2)c1. The molecule has 0 unspecified atom stereocenters. The van der Waals surface area contributed by atoms with Crippen LogP contribution < -0.4 is 5.32 Å². The van der Waals surface area contributed by atoms with Crippen LogP contribution >= 0.6 is 0 Å². The number of hydrogen-bond acceptors (Lipinski definition) is 5. The number of nitrogens with one attached hydrogen (secondary N) is 1. The number of amides is 2. The zero-order chi connectivity index (χ0) is 23.8. The van der Waals surface area contributed by atoms with Gasteiger partial charge in [-0.25, -0.2) is 9.18 Å². The van der Waals surface area contributed by atoms with Crippen molar-refractivity contribution in [3.63, 3.8) is 0 Å². The van der Waals surface area contributed by atoms with Crippen LogP contribution in [0.25, 0.3) is 0 Å². The third-order valence-corrected chi connectivity index (χ3v) is 4.92. The Kier molecular flexibility index (Phi) is 8.01. The number of carbonyl (C=O) groups excluding carboxylic acids is 2. The van der Waals surface area contributed by atoms with E-state index in [9.17, 15) is 14.0 Å². The number of halogens is 1. The zero-order valence-corrected chi connectivity index (χ0v) is 19.2. The maximum Gasteiger partial charge on any atom is 0.408 e. The molecule has 0 saturated carbocycles. The smallest absolute Gasteiger partial charge is 0.408 e. The lowest BCUT2D eigenvalue weighted by atomic mass is 10.1. The van der Waals surface area contributed by atoms with E-state index in [4.69, 9.17) is 4.74 Å². The van der Waals surface area contributed by atoms with Gasteiger partial charge in [-0.1, -0.05) is 24.0 Å². The monoisotopic (exact) mass is 452 g/mol. The van der Waals surface area contributed by atoms with Crippen LogP contribution in [0.15, 0.2) is 42.7 Å². The fourth-order valence-corrected chi connectivity index (χ4v) is 3.34. The zero-order valence-electron chi connectivity index (χ0n) is 19.2. The van der Waals surface area contributed by atoms with Crippen molar-refractivity contribution < 1.29 is 18.7 Å². The largest absolute Gasteiger partial charge is 0.444 e. The quantitative estimate of drug-likeness (QED) is 0.722. The van der Waals surface area contributed by atoms with E-state index < -0.39 is 11.7 Å². The number of hydrogen-bond donors (Lipinski definition) is 1. The van der Waals surface area contributed by atoms with Crippen molar-refractivity contribution in [3.05, 3.63) is 65.2 Å². The van der Waals surface area contributed by atoms with Gasteiger partial charge in [0.1, 0.15) is 11.4 Å². The van der Waals surface area contributed by atoms with E-state index in [0.29, 0.717) is 24.2 Å². The number of ether oxygens (including phenoxy) is 1. The summed E-state index contributed by atoms with van der Waals surface area (Å²) in [5.74, 6) is 5.42. The van der Waals surface area contributed by atoms with Crippen LogP contribution in [0, 0.1) is 17.7 Å². The molecule has 7 nitrogen and oxygen atoms in total. The van der Waals surface area contributed by atoms with Gasteiger partial charge in [0.05, 0.1) is 12.1 Å². The highest BCUT2D eigenvalue weighted by Gasteiger charge is 2.22. The summed E-state index contributed by atoms with van der Waals surface area (Å²) in [5.41, 5.74) is 1.56. The Bertz CT molecular complexity index is 1030. The molecule has 2 aromatic rings. The van der Waals surface area contributed by atoms with Crippen LogP contribution in [-0.4, -0.2) is 65.1 Å². The summed E-state index contributed by atoms with van der Waals surface area (Å²) >= 11 is 0. The average molecular weight is 453 g/mol. The Morgan fingerprint density at radius 1 is 1.12 bits per heavy atom. The highest BCUT2D eigenvalue weighted by Crippen LogP contribution is 2.13. The van der Waals surface area contributed by atoms with Crippen molar-refractivity contribution >= 4 is 12.0 Å². The number of aromatic nitrogens is 1. The number of alkyl carbamates (subject to hydrolysis) is 1. The summed E-state index contributed by atoms with van der Waals surface area (Å²) < 4.78 is 18.2. The first kappa shape index (κ1) is 24.2. The molecule has 0 bridgehead atoms. The first-order chi connectivity index (χ1) is 15.7. The van der Waals surface area contributed by atoms with Gasteiger partial charge in [0.15, 0.2) is 0 Å². The molecule has 1 aliphatic rings. The van der Waals surface area contributed by atoms with Gasteiger partial charge in [-0.2, -0.15) is 0 Å². The third kappa shape index (κ3) is 7.88. The van der Waals surface area contributed by atoms with Crippen LogP contribution in [0.1, 0.15) is 42.3 Å². The minimum atomic E-state index is -0.567. The van der Waals surface area contributed by atoms with E-state index in [1.54, 1.807) is 50.1 Å². The Hall–Kier alpha value is -3.44. The second-order valence-corrected chi connectivity index (χ2v) is 8.81. The second-order valence-electron chi connectivity index (χ2n) is 8.81. The van der Waals surface area contributed by atoms with Crippen molar-refractivity contribution in [1.29, 1.82) is 0 Å². The van der Waals surface area contributed by atoms with Gasteiger partial charge in [0.25, 0.3) is 5.91 Å². The number of nitrogens with zero attached hydrogens (tertiary/aromatic N) is 3. The Balaban J connectivity index is 1.50. The number of benzene rings is 1. The lowest BCUT2D eigenvalue weighted by molar-refractivity contribution is 0.0534. The number of rotatable bonds is 4. The van der Waals surface area contributed by atoms with E-state index in [0.717, 1.165) is 25.2 Å². The predicted octanol–water partition coefficient (Wildman–Crippen LogP) is 3.05. The van der Waals surface area contributed by atoms with Gasteiger partial charge in [-0.3, -0.25) is 14.7 Å². The number of pyridine rings is 1. The molecule has 2 heterocycles. The van der Waals surface area contributed by atoms with E-state index in [1.165, 1.54) is 18.3 Å². The van der Waals surface area contributed by atoms with Gasteiger partial charge in [-0.15, -0.1) is 0 Å². The van der Waals surface area contributed by atoms with Gasteiger partial charge in [0, 0.05) is 50.7 Å². The first-order valence-electron chi connectivity index (χ1n) is 10.9. The average Bonchev–Trinajstić information content (AvgIpc) is 2.77. The molecule has 1 saturated heterocycles. The minimum Gasteiger partial charge on any atom is -0.444 e. The molecular formula is C25H29FN4O3. The molecule has 2 amide bonds. The van der Waals surface area contributed by atoms with E-state index in [-0.39, 0.29) is 18.3 Å². The Morgan fingerprint density at radius 2 is 1.82 bits per heavy atom. The molecule has 3 rings (SSSR count). The Labute approximate surface area is 193 Å². The van der Waals surface area contributed by atoms with Crippen LogP contribution in [-0.2, 0) is 11.3 Å². The summed E-state index contributed by atoms with van der Waals surface area (Å²) in [4.78, 5) is 32.7. The molecule has 0 radical (unpaired) electrons. The lowest BCUT2D eigenvalue weighted by Crippen LogP contribution is -2.48. The van der Waals surface area contributed by atoms with Gasteiger partial charge >= 0.3 is 6.09 Å². The normalized spacial score (nSPS) is 14.2. The molecule has 1 fully saturated rings. The summed E-state index contributed by atoms with van der Waals surface area (Å²) in [6.07, 6.45) is 2.59. The van der Waals surface area contributed by atoms with E-state index in [2.05, 4.69) is 27.0 Å². The van der Waals surface area contributed by atoms with Gasteiger partial charge < -0.3 is 15.0 Å². The summed E-state index contributed by atoms with van der Waals surface area (Å²) in [7, 11) is 0. The van der Waals surface area contributed by atoms with Crippen molar-refractivity contribution in [3.8, 4) is 11.8 Å². The molecule has 0 atom stereocenters. The Morgan fingerprint density at radius 3 is 2.48 bits per heavy atom. The molecule has 1 aromatic carbocycles. The lowest BCUT2D eigenvalue weighted by Gasteiger charge is -2.34. The van der Waals surface area contributed by atoms with Crippen LogP contribution in [0.2, 0.25) is 0 Å². The molecule has 1 N–H and O–H groups in total. The van der Waals surface area contributed by atoms with E-state index in [1.807, 2.05) is 0 Å². The maximum atomic E-state index is 13.1. The highest BCUT2D eigenvalue weighted by molar-refractivity contribution is 5.94. The maximum absolute atomic E-state index is 13.1. The molecule has 33 heavy (non-hydrogen) atoms. The minimum absolute atomic E-state index is 0.0838. The topological polar surface area (TPSA) is 74.8 Å². The van der Waals surface area contributed by atoms with Crippen LogP contribution in [0.5, 0.6) is 0 Å². The highest BCUT2D eigenvalue weighted by atomic mass is 19.1. The fourth-order valence-electron chi connectivity index (χ4n) is 3.34. The van der Waals surface area contributed by atoms with Crippen LogP contribution in [0.4, 0.5) is 9.18 Å². The van der Waals surface area contributed by atoms with Crippen molar-refractivity contribution in [2.75, 3.05) is 32.7 Å². The first-order valence-corrected chi connectivity index (χ1v) is 10.9.